The molecule has 0 atom stereocenters. The quantitative estimate of drug-likeness (QED) is 0.892. The van der Waals surface area contributed by atoms with Gasteiger partial charge in [-0.05, 0) is 31.2 Å². The van der Waals surface area contributed by atoms with Crippen LogP contribution in [0, 0.1) is 6.92 Å². The summed E-state index contributed by atoms with van der Waals surface area (Å²) in [6.07, 6.45) is 0. The zero-order valence-corrected chi connectivity index (χ0v) is 12.7. The van der Waals surface area contributed by atoms with Crippen LogP contribution in [0.4, 0.5) is 5.69 Å². The number of rotatable bonds is 2. The van der Waals surface area contributed by atoms with Gasteiger partial charge in [-0.1, -0.05) is 35.9 Å². The Balaban J connectivity index is 0.000000211. The van der Waals surface area contributed by atoms with Gasteiger partial charge in [0.1, 0.15) is 0 Å². The van der Waals surface area contributed by atoms with Gasteiger partial charge in [0, 0.05) is 12.6 Å². The molecule has 5 nitrogen and oxygen atoms in total. The van der Waals surface area contributed by atoms with E-state index >= 15 is 0 Å². The monoisotopic (exact) mass is 306 g/mol. The fourth-order valence-electron chi connectivity index (χ4n) is 1.45. The molecule has 2 rings (SSSR count). The van der Waals surface area contributed by atoms with E-state index in [0.29, 0.717) is 0 Å². The number of carbonyl (C=O) groups excluding carboxylic acids is 1. The number of para-hydroxylation sites is 1. The van der Waals surface area contributed by atoms with Crippen molar-refractivity contribution in [3.8, 4) is 0 Å². The highest BCUT2D eigenvalue weighted by Gasteiger charge is 2.04. The van der Waals surface area contributed by atoms with Crippen LogP contribution in [0.3, 0.4) is 0 Å². The van der Waals surface area contributed by atoms with Crippen molar-refractivity contribution in [3.05, 3.63) is 60.2 Å². The number of hydrogen-bond donors (Lipinski definition) is 2. The molecule has 0 aliphatic carbocycles. The van der Waals surface area contributed by atoms with Crippen LogP contribution in [0.15, 0.2) is 59.5 Å². The molecule has 0 aromatic heterocycles. The Morgan fingerprint density at radius 2 is 1.52 bits per heavy atom. The van der Waals surface area contributed by atoms with E-state index in [0.717, 1.165) is 11.3 Å². The van der Waals surface area contributed by atoms with Crippen molar-refractivity contribution < 1.29 is 13.2 Å². The predicted molar refractivity (Wildman–Crippen MR) is 83.3 cm³/mol. The van der Waals surface area contributed by atoms with Crippen molar-refractivity contribution in [2.45, 2.75) is 18.7 Å². The maximum Gasteiger partial charge on any atom is 0.238 e. The third-order valence-electron chi connectivity index (χ3n) is 2.44. The number of hydrogen-bond acceptors (Lipinski definition) is 3. The van der Waals surface area contributed by atoms with Crippen LogP contribution >= 0.6 is 0 Å². The number of anilines is 1. The lowest BCUT2D eigenvalue weighted by Crippen LogP contribution is -2.11. The number of sulfonamides is 1. The van der Waals surface area contributed by atoms with Gasteiger partial charge in [-0.3, -0.25) is 4.79 Å². The molecule has 0 aliphatic heterocycles. The standard InChI is InChI=1S/C8H9NO.C7H9NO2S/c1-7(10)9-8-5-3-2-4-6-8;1-6-2-4-7(5-3-6)11(8,9)10/h2-6H,1H3,(H,9,10);2-5H,1H3,(H2,8,9,10). The van der Waals surface area contributed by atoms with Gasteiger partial charge < -0.3 is 5.32 Å². The first kappa shape index (κ1) is 16.9. The van der Waals surface area contributed by atoms with Crippen molar-refractivity contribution in [3.63, 3.8) is 0 Å². The molecule has 2 aromatic rings. The van der Waals surface area contributed by atoms with Gasteiger partial charge >= 0.3 is 0 Å². The lowest BCUT2D eigenvalue weighted by molar-refractivity contribution is -0.114. The highest BCUT2D eigenvalue weighted by molar-refractivity contribution is 7.89. The minimum Gasteiger partial charge on any atom is -0.326 e. The molecule has 21 heavy (non-hydrogen) atoms. The minimum absolute atomic E-state index is 0.0359. The third-order valence-corrected chi connectivity index (χ3v) is 3.37. The lowest BCUT2D eigenvalue weighted by atomic mass is 10.2. The summed E-state index contributed by atoms with van der Waals surface area (Å²) in [6.45, 7) is 3.37. The average molecular weight is 306 g/mol. The van der Waals surface area contributed by atoms with E-state index in [1.807, 2.05) is 37.3 Å². The molecule has 0 spiro atoms. The molecule has 0 heterocycles. The number of aryl methyl sites for hydroxylation is 1. The highest BCUT2D eigenvalue weighted by Crippen LogP contribution is 2.07. The van der Waals surface area contributed by atoms with Crippen LogP contribution in [0.25, 0.3) is 0 Å². The van der Waals surface area contributed by atoms with Gasteiger partial charge in [0.15, 0.2) is 0 Å². The molecule has 112 valence electrons. The zero-order chi connectivity index (χ0) is 15.9. The second-order valence-electron chi connectivity index (χ2n) is 4.41. The topological polar surface area (TPSA) is 89.3 Å². The van der Waals surface area contributed by atoms with E-state index in [1.54, 1.807) is 12.1 Å². The van der Waals surface area contributed by atoms with E-state index < -0.39 is 10.0 Å². The SMILES string of the molecule is CC(=O)Nc1ccccc1.Cc1ccc(S(N)(=O)=O)cc1. The third kappa shape index (κ3) is 6.69. The number of amides is 1. The largest absolute Gasteiger partial charge is 0.326 e. The van der Waals surface area contributed by atoms with E-state index in [2.05, 4.69) is 5.32 Å². The fraction of sp³-hybridized carbons (Fsp3) is 0.133. The summed E-state index contributed by atoms with van der Waals surface area (Å²) >= 11 is 0. The Hall–Kier alpha value is -2.18. The average Bonchev–Trinajstić information content (AvgIpc) is 2.39. The van der Waals surface area contributed by atoms with Crippen LogP contribution in [0.2, 0.25) is 0 Å². The fourth-order valence-corrected chi connectivity index (χ4v) is 1.97. The van der Waals surface area contributed by atoms with Crippen LogP contribution < -0.4 is 10.5 Å². The first-order valence-corrected chi connectivity index (χ1v) is 7.76. The number of benzene rings is 2. The Labute approximate surface area is 124 Å². The Morgan fingerprint density at radius 3 is 1.95 bits per heavy atom. The first-order chi connectivity index (χ1) is 9.79. The van der Waals surface area contributed by atoms with Crippen LogP contribution in [-0.4, -0.2) is 14.3 Å². The lowest BCUT2D eigenvalue weighted by Gasteiger charge is -1.98. The first-order valence-electron chi connectivity index (χ1n) is 6.21. The van der Waals surface area contributed by atoms with E-state index in [4.69, 9.17) is 5.14 Å². The van der Waals surface area contributed by atoms with Gasteiger partial charge in [-0.15, -0.1) is 0 Å². The van der Waals surface area contributed by atoms with Crippen LogP contribution in [-0.2, 0) is 14.8 Å². The molecule has 0 aliphatic rings. The number of carbonyl (C=O) groups is 1. The summed E-state index contributed by atoms with van der Waals surface area (Å²) < 4.78 is 21.4. The van der Waals surface area contributed by atoms with E-state index in [1.165, 1.54) is 19.1 Å². The smallest absolute Gasteiger partial charge is 0.238 e. The van der Waals surface area contributed by atoms with Crippen molar-refractivity contribution in [2.75, 3.05) is 5.32 Å². The predicted octanol–water partition coefficient (Wildman–Crippen LogP) is 2.29. The molecule has 0 unspecified atom stereocenters. The molecular formula is C15H18N2O3S. The highest BCUT2D eigenvalue weighted by atomic mass is 32.2. The Kier molecular flexibility index (Phi) is 6.08. The molecule has 0 saturated heterocycles. The number of nitrogens with one attached hydrogen (secondary N) is 1. The summed E-state index contributed by atoms with van der Waals surface area (Å²) in [5, 5.41) is 7.54. The summed E-state index contributed by atoms with van der Waals surface area (Å²) in [5.41, 5.74) is 1.85. The Bertz CT molecular complexity index is 681. The van der Waals surface area contributed by atoms with Gasteiger partial charge in [0.25, 0.3) is 0 Å². The maximum absolute atomic E-state index is 10.7. The summed E-state index contributed by atoms with van der Waals surface area (Å²) in [6, 6.07) is 15.8. The minimum atomic E-state index is -3.52. The summed E-state index contributed by atoms with van der Waals surface area (Å²) in [5.74, 6) is -0.0359. The zero-order valence-electron chi connectivity index (χ0n) is 11.9. The van der Waals surface area contributed by atoms with Gasteiger partial charge in [-0.25, -0.2) is 13.6 Å². The molecule has 0 bridgehead atoms. The molecule has 0 fully saturated rings. The molecule has 0 saturated carbocycles. The maximum atomic E-state index is 10.7. The number of primary sulfonamides is 1. The molecular weight excluding hydrogens is 288 g/mol. The summed E-state index contributed by atoms with van der Waals surface area (Å²) in [4.78, 5) is 10.7. The normalized spacial score (nSPS) is 10.2. The summed E-state index contributed by atoms with van der Waals surface area (Å²) in [7, 11) is -3.52. The van der Waals surface area contributed by atoms with Crippen molar-refractivity contribution in [1.82, 2.24) is 0 Å². The van der Waals surface area contributed by atoms with E-state index in [9.17, 15) is 13.2 Å². The molecule has 0 radical (unpaired) electrons. The second-order valence-corrected chi connectivity index (χ2v) is 5.97. The van der Waals surface area contributed by atoms with Gasteiger partial charge in [0.05, 0.1) is 4.90 Å². The van der Waals surface area contributed by atoms with Gasteiger partial charge in [0.2, 0.25) is 15.9 Å². The van der Waals surface area contributed by atoms with Crippen molar-refractivity contribution in [1.29, 1.82) is 0 Å². The van der Waals surface area contributed by atoms with Gasteiger partial charge in [-0.2, -0.15) is 0 Å². The molecule has 3 N–H and O–H groups in total. The van der Waals surface area contributed by atoms with Crippen molar-refractivity contribution >= 4 is 21.6 Å². The molecule has 2 aromatic carbocycles. The molecule has 1 amide bonds. The molecule has 6 heteroatoms. The Morgan fingerprint density at radius 1 is 1.00 bits per heavy atom. The van der Waals surface area contributed by atoms with E-state index in [-0.39, 0.29) is 10.8 Å². The second kappa shape index (κ2) is 7.56. The number of nitrogens with two attached hydrogens (primary N) is 1. The van der Waals surface area contributed by atoms with Crippen molar-refractivity contribution in [2.24, 2.45) is 5.14 Å². The van der Waals surface area contributed by atoms with Crippen LogP contribution in [0.1, 0.15) is 12.5 Å². The van der Waals surface area contributed by atoms with Crippen LogP contribution in [0.5, 0.6) is 0 Å².